The summed E-state index contributed by atoms with van der Waals surface area (Å²) < 4.78 is 34.6. The minimum Gasteiger partial charge on any atom is -0.504 e. The van der Waals surface area contributed by atoms with E-state index in [-0.39, 0.29) is 36.0 Å². The average molecular weight is 499 g/mol. The Balaban J connectivity index is 2.14. The first-order chi connectivity index (χ1) is 17.2. The van der Waals surface area contributed by atoms with Gasteiger partial charge in [0.1, 0.15) is 6.10 Å². The number of phenolic OH excluding ortho intramolecular Hbond substituents is 1. The fourth-order valence-corrected chi connectivity index (χ4v) is 5.12. The molecule has 0 amide bonds. The zero-order valence-corrected chi connectivity index (χ0v) is 22.1. The maximum Gasteiger partial charge on any atom is 0.333 e. The van der Waals surface area contributed by atoms with Gasteiger partial charge in [0.05, 0.1) is 21.3 Å². The zero-order valence-electron chi connectivity index (χ0n) is 22.1. The van der Waals surface area contributed by atoms with Crippen LogP contribution in [0.4, 0.5) is 0 Å². The summed E-state index contributed by atoms with van der Waals surface area (Å²) in [4.78, 5) is 13.0. The molecule has 0 spiro atoms. The van der Waals surface area contributed by atoms with E-state index >= 15 is 0 Å². The highest BCUT2D eigenvalue weighted by Gasteiger charge is 2.41. The van der Waals surface area contributed by atoms with Crippen LogP contribution in [0.15, 0.2) is 23.8 Å². The molecule has 1 unspecified atom stereocenters. The maximum absolute atomic E-state index is 13.0. The van der Waals surface area contributed by atoms with Gasteiger partial charge in [-0.15, -0.1) is 0 Å². The monoisotopic (exact) mass is 498 g/mol. The Kier molecular flexibility index (Phi) is 6.98. The molecule has 2 aromatic carbocycles. The van der Waals surface area contributed by atoms with Crippen molar-refractivity contribution < 1.29 is 38.3 Å². The van der Waals surface area contributed by atoms with Gasteiger partial charge < -0.3 is 33.5 Å². The summed E-state index contributed by atoms with van der Waals surface area (Å²) in [5.74, 6) is 1.37. The molecule has 1 heterocycles. The van der Waals surface area contributed by atoms with Crippen molar-refractivity contribution in [1.82, 2.24) is 0 Å². The van der Waals surface area contributed by atoms with E-state index in [2.05, 4.69) is 20.8 Å². The fourth-order valence-electron chi connectivity index (χ4n) is 5.12. The molecular formula is C28H34O8. The molecular weight excluding hydrogens is 464 g/mol. The molecule has 4 rings (SSSR count). The van der Waals surface area contributed by atoms with E-state index in [9.17, 15) is 9.90 Å². The number of ether oxygens (including phenoxy) is 6. The molecule has 0 aromatic heterocycles. The summed E-state index contributed by atoms with van der Waals surface area (Å²) in [7, 11) is 4.51. The second-order valence-electron chi connectivity index (χ2n) is 9.34. The summed E-state index contributed by atoms with van der Waals surface area (Å²) in [5, 5.41) is 11.6. The van der Waals surface area contributed by atoms with Crippen molar-refractivity contribution >= 4 is 5.97 Å². The first-order valence-electron chi connectivity index (χ1n) is 12.0. The fraction of sp³-hybridized carbons (Fsp3) is 0.464. The molecule has 0 fully saturated rings. The van der Waals surface area contributed by atoms with Gasteiger partial charge in [-0.1, -0.05) is 26.8 Å². The van der Waals surface area contributed by atoms with Gasteiger partial charge in [-0.3, -0.25) is 0 Å². The van der Waals surface area contributed by atoms with Crippen molar-refractivity contribution in [3.63, 3.8) is 0 Å². The van der Waals surface area contributed by atoms with Crippen LogP contribution in [0.5, 0.6) is 34.5 Å². The van der Waals surface area contributed by atoms with E-state index in [1.54, 1.807) is 33.1 Å². The van der Waals surface area contributed by atoms with Crippen molar-refractivity contribution in [1.29, 1.82) is 0 Å². The van der Waals surface area contributed by atoms with Crippen LogP contribution in [0.1, 0.15) is 57.8 Å². The number of methoxy groups -OCH3 is 3. The van der Waals surface area contributed by atoms with E-state index < -0.39 is 12.1 Å². The van der Waals surface area contributed by atoms with Gasteiger partial charge in [-0.2, -0.15) is 0 Å². The highest BCUT2D eigenvalue weighted by Crippen LogP contribution is 2.60. The Bertz CT molecular complexity index is 1220. The van der Waals surface area contributed by atoms with Crippen LogP contribution in [0.3, 0.4) is 0 Å². The third-order valence-corrected chi connectivity index (χ3v) is 7.66. The van der Waals surface area contributed by atoms with Crippen molar-refractivity contribution in [2.45, 2.75) is 46.6 Å². The summed E-state index contributed by atoms with van der Waals surface area (Å²) in [6.45, 7) is 9.87. The number of hydrogen-bond acceptors (Lipinski definition) is 8. The van der Waals surface area contributed by atoms with Gasteiger partial charge in [-0.05, 0) is 43.4 Å². The van der Waals surface area contributed by atoms with Crippen LogP contribution < -0.4 is 23.7 Å². The molecule has 0 radical (unpaired) electrons. The predicted molar refractivity (Wildman–Crippen MR) is 134 cm³/mol. The molecule has 8 nitrogen and oxygen atoms in total. The molecule has 0 saturated carbocycles. The van der Waals surface area contributed by atoms with Crippen molar-refractivity contribution in [3.8, 4) is 45.6 Å². The van der Waals surface area contributed by atoms with Gasteiger partial charge in [0, 0.05) is 28.2 Å². The lowest BCUT2D eigenvalue weighted by atomic mass is 9.71. The highest BCUT2D eigenvalue weighted by atomic mass is 16.7. The van der Waals surface area contributed by atoms with E-state index in [0.717, 1.165) is 5.56 Å². The normalized spacial score (nSPS) is 22.6. The second-order valence-corrected chi connectivity index (χ2v) is 9.34. The molecule has 2 aliphatic rings. The quantitative estimate of drug-likeness (QED) is 0.411. The Morgan fingerprint density at radius 3 is 2.28 bits per heavy atom. The number of benzene rings is 2. The number of allylic oxidation sites excluding steroid dienone is 1. The lowest BCUT2D eigenvalue weighted by Gasteiger charge is -2.38. The number of carbonyl (C=O) groups excluding carboxylic acids is 1. The van der Waals surface area contributed by atoms with Gasteiger partial charge in [-0.25, -0.2) is 4.79 Å². The number of esters is 1. The van der Waals surface area contributed by atoms with E-state index in [1.807, 2.05) is 6.07 Å². The minimum absolute atomic E-state index is 0.0111. The summed E-state index contributed by atoms with van der Waals surface area (Å²) in [6, 6.07) is 3.72. The van der Waals surface area contributed by atoms with Crippen molar-refractivity contribution in [2.75, 3.05) is 28.1 Å². The summed E-state index contributed by atoms with van der Waals surface area (Å²) in [5.41, 5.74) is 3.10. The van der Waals surface area contributed by atoms with E-state index in [1.165, 1.54) is 14.2 Å². The van der Waals surface area contributed by atoms with Crippen LogP contribution in [0.2, 0.25) is 0 Å². The summed E-state index contributed by atoms with van der Waals surface area (Å²) >= 11 is 0. The van der Waals surface area contributed by atoms with E-state index in [0.29, 0.717) is 45.3 Å². The Hall–Kier alpha value is -3.55. The molecule has 1 aliphatic carbocycles. The average Bonchev–Trinajstić information content (AvgIpc) is 3.36. The molecule has 4 atom stereocenters. The smallest absolute Gasteiger partial charge is 0.333 e. The van der Waals surface area contributed by atoms with Crippen molar-refractivity contribution in [2.24, 2.45) is 11.8 Å². The second kappa shape index (κ2) is 9.84. The number of carbonyl (C=O) groups is 1. The van der Waals surface area contributed by atoms with Crippen LogP contribution >= 0.6 is 0 Å². The standard InChI is InChI=1S/C28H34O8/c1-9-13(2)28(30)36-24-16(5)14(3)15(4)17-10-20-26(35-12-34-20)27(33-8)22(17)21-18(24)11-19(31-6)25(32-7)23(21)29/h9-11,14-16,24,29H,12H2,1-8H3/b13-9-/t14-,15+,16-,24?/m0/s1. The molecule has 194 valence electrons. The Labute approximate surface area is 211 Å². The molecule has 0 saturated heterocycles. The lowest BCUT2D eigenvalue weighted by molar-refractivity contribution is -0.148. The van der Waals surface area contributed by atoms with Crippen LogP contribution in [0.25, 0.3) is 11.1 Å². The van der Waals surface area contributed by atoms with Crippen LogP contribution in [0, 0.1) is 11.8 Å². The molecule has 1 aliphatic heterocycles. The van der Waals surface area contributed by atoms with Crippen molar-refractivity contribution in [3.05, 3.63) is 34.9 Å². The van der Waals surface area contributed by atoms with Gasteiger partial charge in [0.25, 0.3) is 0 Å². The third-order valence-electron chi connectivity index (χ3n) is 7.66. The number of phenols is 1. The van der Waals surface area contributed by atoms with Crippen LogP contribution in [-0.2, 0) is 9.53 Å². The van der Waals surface area contributed by atoms with E-state index in [4.69, 9.17) is 28.4 Å². The Morgan fingerprint density at radius 2 is 1.67 bits per heavy atom. The van der Waals surface area contributed by atoms with Gasteiger partial charge in [0.15, 0.2) is 23.0 Å². The first-order valence-corrected chi connectivity index (χ1v) is 12.0. The number of fused-ring (bicyclic) bond motifs is 4. The Morgan fingerprint density at radius 1 is 0.972 bits per heavy atom. The SMILES string of the molecule is C/C=C(/C)C(=O)OC1c2cc(OC)c(OC)c(O)c2-c2c(cc3c(c2OC)OCO3)[C@H](C)[C@H](C)[C@@H]1C. The topological polar surface area (TPSA) is 92.7 Å². The third kappa shape index (κ3) is 3.88. The molecule has 2 aromatic rings. The zero-order chi connectivity index (χ0) is 26.3. The largest absolute Gasteiger partial charge is 0.504 e. The minimum atomic E-state index is -0.686. The molecule has 1 N–H and O–H groups in total. The highest BCUT2D eigenvalue weighted by molar-refractivity contribution is 5.90. The number of rotatable bonds is 5. The van der Waals surface area contributed by atoms with Gasteiger partial charge >= 0.3 is 5.97 Å². The first kappa shape index (κ1) is 25.5. The summed E-state index contributed by atoms with van der Waals surface area (Å²) in [6.07, 6.45) is 1.03. The number of aromatic hydroxyl groups is 1. The maximum atomic E-state index is 13.0. The number of hydrogen-bond donors (Lipinski definition) is 1. The molecule has 8 heteroatoms. The lowest BCUT2D eigenvalue weighted by Crippen LogP contribution is -2.28. The molecule has 36 heavy (non-hydrogen) atoms. The molecule has 0 bridgehead atoms. The predicted octanol–water partition coefficient (Wildman–Crippen LogP) is 5.75. The van der Waals surface area contributed by atoms with Gasteiger partial charge in [0.2, 0.25) is 18.3 Å². The van der Waals surface area contributed by atoms with Crippen LogP contribution in [-0.4, -0.2) is 39.2 Å².